The van der Waals surface area contributed by atoms with Crippen LogP contribution in [0.3, 0.4) is 0 Å². The van der Waals surface area contributed by atoms with Crippen LogP contribution in [0.2, 0.25) is 0 Å². The number of carbonyl (C=O) groups excluding carboxylic acids is 1. The molecule has 2 amide bonds. The molecule has 178 valence electrons. The summed E-state index contributed by atoms with van der Waals surface area (Å²) in [5.74, 6) is 0.449. The summed E-state index contributed by atoms with van der Waals surface area (Å²) in [7, 11) is 0. The zero-order chi connectivity index (χ0) is 24.4. The van der Waals surface area contributed by atoms with Gasteiger partial charge in [0, 0.05) is 41.5 Å². The Bertz CT molecular complexity index is 1430. The van der Waals surface area contributed by atoms with Crippen molar-refractivity contribution in [2.75, 3.05) is 11.9 Å². The van der Waals surface area contributed by atoms with E-state index in [1.165, 1.54) is 12.1 Å². The maximum absolute atomic E-state index is 13.3. The Morgan fingerprint density at radius 1 is 1.11 bits per heavy atom. The van der Waals surface area contributed by atoms with Crippen molar-refractivity contribution in [2.24, 2.45) is 0 Å². The number of carbonyl (C=O) groups is 1. The second-order valence-electron chi connectivity index (χ2n) is 8.46. The number of hydrogen-bond donors (Lipinski definition) is 1. The van der Waals surface area contributed by atoms with Gasteiger partial charge in [0.2, 0.25) is 0 Å². The van der Waals surface area contributed by atoms with Gasteiger partial charge in [0.25, 0.3) is 0 Å². The van der Waals surface area contributed by atoms with E-state index in [1.807, 2.05) is 54.8 Å². The summed E-state index contributed by atoms with van der Waals surface area (Å²) in [4.78, 5) is 20.6. The first-order valence-corrected chi connectivity index (χ1v) is 12.2. The number of para-hydroxylation sites is 1. The first kappa shape index (κ1) is 22.9. The fraction of sp³-hybridized carbons (Fsp3) is 0.185. The maximum atomic E-state index is 13.3. The summed E-state index contributed by atoms with van der Waals surface area (Å²) in [6, 6.07) is 15.8. The van der Waals surface area contributed by atoms with E-state index < -0.39 is 0 Å². The molecule has 0 spiro atoms. The molecule has 0 aliphatic heterocycles. The van der Waals surface area contributed by atoms with E-state index in [0.717, 1.165) is 44.5 Å². The Labute approximate surface area is 206 Å². The average molecular weight is 489 g/mol. The summed E-state index contributed by atoms with van der Waals surface area (Å²) in [5, 5.41) is 5.15. The lowest BCUT2D eigenvalue weighted by molar-refractivity contribution is 0.204. The molecule has 2 aromatic carbocycles. The number of urea groups is 1. The minimum Gasteiger partial charge on any atom is -0.467 e. The van der Waals surface area contributed by atoms with Crippen molar-refractivity contribution in [3.8, 4) is 11.3 Å². The zero-order valence-corrected chi connectivity index (χ0v) is 20.3. The third-order valence-electron chi connectivity index (χ3n) is 5.99. The van der Waals surface area contributed by atoms with Crippen LogP contribution in [0.1, 0.15) is 22.6 Å². The number of rotatable bonds is 7. The number of thiazole rings is 1. The number of fused-ring (bicyclic) bond motifs is 1. The first-order chi connectivity index (χ1) is 17.0. The van der Waals surface area contributed by atoms with Gasteiger partial charge in [0.1, 0.15) is 11.6 Å². The molecule has 0 radical (unpaired) electrons. The molecule has 5 aromatic rings. The third kappa shape index (κ3) is 4.97. The maximum Gasteiger partial charge on any atom is 0.322 e. The summed E-state index contributed by atoms with van der Waals surface area (Å²) >= 11 is 1.54. The van der Waals surface area contributed by atoms with Crippen molar-refractivity contribution < 1.29 is 13.6 Å². The van der Waals surface area contributed by atoms with Gasteiger partial charge in [0.05, 0.1) is 18.5 Å². The lowest BCUT2D eigenvalue weighted by Crippen LogP contribution is -2.36. The van der Waals surface area contributed by atoms with Crippen LogP contribution in [0.25, 0.3) is 16.2 Å². The molecule has 3 aromatic heterocycles. The smallest absolute Gasteiger partial charge is 0.322 e. The van der Waals surface area contributed by atoms with Crippen molar-refractivity contribution in [2.45, 2.75) is 26.8 Å². The Kier molecular flexibility index (Phi) is 6.37. The number of nitrogens with zero attached hydrogens (tertiary/aromatic N) is 3. The predicted molar refractivity (Wildman–Crippen MR) is 136 cm³/mol. The van der Waals surface area contributed by atoms with Gasteiger partial charge in [-0.2, -0.15) is 0 Å². The number of hydrogen-bond acceptors (Lipinski definition) is 4. The lowest BCUT2D eigenvalue weighted by Gasteiger charge is -2.23. The summed E-state index contributed by atoms with van der Waals surface area (Å²) < 4.78 is 20.9. The van der Waals surface area contributed by atoms with Crippen LogP contribution in [-0.2, 0) is 13.0 Å². The molecule has 8 heteroatoms. The number of benzene rings is 2. The SMILES string of the molecule is Cc1cccc(C)c1NC(=O)N(CCc1csc2nc(-c3ccc(F)cc3)cn12)Cc1ccco1. The van der Waals surface area contributed by atoms with Gasteiger partial charge in [-0.25, -0.2) is 14.2 Å². The number of nitrogens with one attached hydrogen (secondary N) is 1. The molecule has 0 bridgehead atoms. The first-order valence-electron chi connectivity index (χ1n) is 11.3. The Hall–Kier alpha value is -3.91. The quantitative estimate of drug-likeness (QED) is 0.278. The molecular weight excluding hydrogens is 463 g/mol. The van der Waals surface area contributed by atoms with E-state index in [9.17, 15) is 9.18 Å². The number of amides is 2. The molecule has 6 nitrogen and oxygen atoms in total. The fourth-order valence-electron chi connectivity index (χ4n) is 4.06. The molecular formula is C27H25FN4O2S. The normalized spacial score (nSPS) is 11.2. The number of aromatic nitrogens is 2. The Morgan fingerprint density at radius 3 is 2.60 bits per heavy atom. The molecule has 0 saturated heterocycles. The monoisotopic (exact) mass is 488 g/mol. The molecule has 0 aliphatic rings. The average Bonchev–Trinajstić information content (AvgIpc) is 3.58. The van der Waals surface area contributed by atoms with Crippen molar-refractivity contribution in [1.82, 2.24) is 14.3 Å². The van der Waals surface area contributed by atoms with E-state index in [1.54, 1.807) is 34.6 Å². The molecule has 0 saturated carbocycles. The Balaban J connectivity index is 1.36. The van der Waals surface area contributed by atoms with Crippen LogP contribution in [0, 0.1) is 19.7 Å². The zero-order valence-electron chi connectivity index (χ0n) is 19.5. The molecule has 0 atom stereocenters. The number of imidazole rings is 1. The standard InChI is InChI=1S/C27H25FN4O2S/c1-18-5-3-6-19(2)25(18)30-26(33)31(15-23-7-4-14-34-23)13-12-22-17-35-27-29-24(16-32(22)27)20-8-10-21(28)11-9-20/h3-11,14,16-17H,12-13,15H2,1-2H3,(H,30,33). The highest BCUT2D eigenvalue weighted by Crippen LogP contribution is 2.25. The minimum atomic E-state index is -0.272. The minimum absolute atomic E-state index is 0.178. The highest BCUT2D eigenvalue weighted by Gasteiger charge is 2.19. The van der Waals surface area contributed by atoms with Crippen molar-refractivity contribution in [3.63, 3.8) is 0 Å². The second-order valence-corrected chi connectivity index (χ2v) is 9.30. The predicted octanol–water partition coefficient (Wildman–Crippen LogP) is 6.69. The number of anilines is 1. The summed E-state index contributed by atoms with van der Waals surface area (Å²) in [6.45, 7) is 4.83. The molecule has 5 rings (SSSR count). The second kappa shape index (κ2) is 9.76. The van der Waals surface area contributed by atoms with Gasteiger partial charge in [-0.15, -0.1) is 11.3 Å². The van der Waals surface area contributed by atoms with Gasteiger partial charge >= 0.3 is 6.03 Å². The Morgan fingerprint density at radius 2 is 1.89 bits per heavy atom. The van der Waals surface area contributed by atoms with Crippen LogP contribution in [-0.4, -0.2) is 26.9 Å². The molecule has 0 fully saturated rings. The largest absolute Gasteiger partial charge is 0.467 e. The van der Waals surface area contributed by atoms with Gasteiger partial charge in [-0.1, -0.05) is 18.2 Å². The van der Waals surface area contributed by atoms with Gasteiger partial charge in [0.15, 0.2) is 4.96 Å². The molecule has 3 heterocycles. The van der Waals surface area contributed by atoms with Crippen LogP contribution < -0.4 is 5.32 Å². The molecule has 0 aliphatic carbocycles. The number of aryl methyl sites for hydroxylation is 2. The molecule has 0 unspecified atom stereocenters. The van der Waals surface area contributed by atoms with Gasteiger partial charge < -0.3 is 14.6 Å². The van der Waals surface area contributed by atoms with E-state index in [2.05, 4.69) is 15.7 Å². The fourth-order valence-corrected chi connectivity index (χ4v) is 4.97. The van der Waals surface area contributed by atoms with Crippen LogP contribution in [0.5, 0.6) is 0 Å². The molecule has 35 heavy (non-hydrogen) atoms. The van der Waals surface area contributed by atoms with E-state index >= 15 is 0 Å². The molecule has 1 N–H and O–H groups in total. The van der Waals surface area contributed by atoms with Crippen LogP contribution >= 0.6 is 11.3 Å². The number of halogens is 1. The highest BCUT2D eigenvalue weighted by atomic mass is 32.1. The van der Waals surface area contributed by atoms with Gasteiger partial charge in [-0.3, -0.25) is 4.40 Å². The topological polar surface area (TPSA) is 62.8 Å². The highest BCUT2D eigenvalue weighted by molar-refractivity contribution is 7.15. The van der Waals surface area contributed by atoms with E-state index in [-0.39, 0.29) is 11.8 Å². The van der Waals surface area contributed by atoms with Crippen molar-refractivity contribution in [3.05, 3.63) is 101 Å². The third-order valence-corrected chi connectivity index (χ3v) is 6.88. The van der Waals surface area contributed by atoms with Crippen LogP contribution in [0.4, 0.5) is 14.9 Å². The number of furan rings is 1. The van der Waals surface area contributed by atoms with Crippen molar-refractivity contribution in [1.29, 1.82) is 0 Å². The van der Waals surface area contributed by atoms with E-state index in [0.29, 0.717) is 19.5 Å². The summed E-state index contributed by atoms with van der Waals surface area (Å²) in [6.07, 6.45) is 4.21. The lowest BCUT2D eigenvalue weighted by atomic mass is 10.1. The van der Waals surface area contributed by atoms with Crippen LogP contribution in [0.15, 0.2) is 76.9 Å². The summed E-state index contributed by atoms with van der Waals surface area (Å²) in [5.41, 5.74) is 5.57. The van der Waals surface area contributed by atoms with Crippen molar-refractivity contribution >= 4 is 28.0 Å². The van der Waals surface area contributed by atoms with E-state index in [4.69, 9.17) is 4.42 Å². The van der Waals surface area contributed by atoms with Gasteiger partial charge in [-0.05, 0) is 61.4 Å².